The first-order valence-electron chi connectivity index (χ1n) is 10.6. The summed E-state index contributed by atoms with van der Waals surface area (Å²) in [4.78, 5) is 15.2. The van der Waals surface area contributed by atoms with E-state index in [1.54, 1.807) is 17.0 Å². The van der Waals surface area contributed by atoms with Gasteiger partial charge >= 0.3 is 0 Å². The molecule has 7 nitrogen and oxygen atoms in total. The summed E-state index contributed by atoms with van der Waals surface area (Å²) in [5.41, 5.74) is 10.4. The Balaban J connectivity index is 1.96. The van der Waals surface area contributed by atoms with E-state index in [0.717, 1.165) is 16.8 Å². The maximum atomic E-state index is 13.5. The van der Waals surface area contributed by atoms with Crippen molar-refractivity contribution in [2.45, 2.75) is 44.4 Å². The number of primary sulfonamides is 1. The van der Waals surface area contributed by atoms with E-state index in [0.29, 0.717) is 29.7 Å². The van der Waals surface area contributed by atoms with Crippen molar-refractivity contribution in [3.63, 3.8) is 0 Å². The molecule has 8 heteroatoms. The molecular formula is C25H26N4O3S. The highest BCUT2D eigenvalue weighted by Crippen LogP contribution is 2.50. The van der Waals surface area contributed by atoms with Crippen LogP contribution >= 0.6 is 0 Å². The number of rotatable bonds is 3. The van der Waals surface area contributed by atoms with Crippen LogP contribution in [-0.4, -0.2) is 14.2 Å². The Morgan fingerprint density at radius 1 is 1.06 bits per heavy atom. The second-order valence-electron chi connectivity index (χ2n) is 9.43. The van der Waals surface area contributed by atoms with Gasteiger partial charge < -0.3 is 5.73 Å². The fraction of sp³-hybridized carbons (Fsp3) is 0.280. The van der Waals surface area contributed by atoms with E-state index in [1.165, 1.54) is 12.1 Å². The number of anilines is 1. The SMILES string of the molecule is Cc1ccc([C@@H]2C(C#N)=C(N)N(c3ccc(S(N)(=O)=O)cc3)C3=C2C(=O)CC(C)(C)C3)cc1. The molecule has 0 bridgehead atoms. The first kappa shape index (κ1) is 22.8. The van der Waals surface area contributed by atoms with Gasteiger partial charge in [0.1, 0.15) is 5.82 Å². The zero-order chi connectivity index (χ0) is 24.1. The molecule has 4 N–H and O–H groups in total. The smallest absolute Gasteiger partial charge is 0.238 e. The topological polar surface area (TPSA) is 130 Å². The molecule has 1 aliphatic carbocycles. The van der Waals surface area contributed by atoms with E-state index in [2.05, 4.69) is 6.07 Å². The minimum atomic E-state index is -3.86. The molecule has 2 aromatic carbocycles. The van der Waals surface area contributed by atoms with Crippen LogP contribution in [0.25, 0.3) is 0 Å². The highest BCUT2D eigenvalue weighted by Gasteiger charge is 2.44. The number of sulfonamides is 1. The molecule has 2 aromatic rings. The summed E-state index contributed by atoms with van der Waals surface area (Å²) in [6.45, 7) is 6.03. The monoisotopic (exact) mass is 462 g/mol. The van der Waals surface area contributed by atoms with Crippen LogP contribution < -0.4 is 15.8 Å². The van der Waals surface area contributed by atoms with E-state index in [9.17, 15) is 18.5 Å². The summed E-state index contributed by atoms with van der Waals surface area (Å²) in [5, 5.41) is 15.3. The van der Waals surface area contributed by atoms with E-state index in [4.69, 9.17) is 10.9 Å². The number of carbonyl (C=O) groups excluding carboxylic acids is 1. The second-order valence-corrected chi connectivity index (χ2v) is 11.0. The molecule has 0 aromatic heterocycles. The number of hydrogen-bond acceptors (Lipinski definition) is 6. The lowest BCUT2D eigenvalue weighted by Gasteiger charge is -2.43. The molecule has 0 radical (unpaired) electrons. The Morgan fingerprint density at radius 2 is 1.67 bits per heavy atom. The Kier molecular flexibility index (Phi) is 5.43. The molecule has 0 spiro atoms. The van der Waals surface area contributed by atoms with Crippen LogP contribution in [0.2, 0.25) is 0 Å². The summed E-state index contributed by atoms with van der Waals surface area (Å²) in [5.74, 6) is -0.331. The van der Waals surface area contributed by atoms with Crippen molar-refractivity contribution in [1.29, 1.82) is 5.26 Å². The van der Waals surface area contributed by atoms with Crippen molar-refractivity contribution in [2.75, 3.05) is 4.90 Å². The minimum absolute atomic E-state index is 0.0155. The lowest BCUT2D eigenvalue weighted by Crippen LogP contribution is -2.42. The fourth-order valence-electron chi connectivity index (χ4n) is 4.68. The fourth-order valence-corrected chi connectivity index (χ4v) is 5.20. The maximum Gasteiger partial charge on any atom is 0.238 e. The van der Waals surface area contributed by atoms with E-state index in [-0.39, 0.29) is 21.9 Å². The summed E-state index contributed by atoms with van der Waals surface area (Å²) < 4.78 is 23.4. The summed E-state index contributed by atoms with van der Waals surface area (Å²) in [6.07, 6.45) is 0.942. The van der Waals surface area contributed by atoms with Crippen molar-refractivity contribution >= 4 is 21.5 Å². The van der Waals surface area contributed by atoms with Gasteiger partial charge in [0.2, 0.25) is 10.0 Å². The van der Waals surface area contributed by atoms with Gasteiger partial charge in [0.25, 0.3) is 0 Å². The van der Waals surface area contributed by atoms with Gasteiger partial charge in [-0.25, -0.2) is 13.6 Å². The van der Waals surface area contributed by atoms with E-state index >= 15 is 0 Å². The highest BCUT2D eigenvalue weighted by molar-refractivity contribution is 7.89. The third-order valence-corrected chi connectivity index (χ3v) is 7.14. The molecule has 1 heterocycles. The number of Topliss-reactive ketones (excluding diaryl/α,β-unsaturated/α-hetero) is 1. The molecule has 0 unspecified atom stereocenters. The van der Waals surface area contributed by atoms with Crippen LogP contribution in [0, 0.1) is 23.7 Å². The lowest BCUT2D eigenvalue weighted by atomic mass is 9.68. The quantitative estimate of drug-likeness (QED) is 0.717. The van der Waals surface area contributed by atoms with Gasteiger partial charge in [0.15, 0.2) is 5.78 Å². The third-order valence-electron chi connectivity index (χ3n) is 6.22. The first-order valence-corrected chi connectivity index (χ1v) is 12.1. The van der Waals surface area contributed by atoms with Crippen LogP contribution in [0.3, 0.4) is 0 Å². The number of nitrogens with two attached hydrogens (primary N) is 2. The molecule has 2 aliphatic rings. The van der Waals surface area contributed by atoms with Gasteiger partial charge in [-0.2, -0.15) is 5.26 Å². The predicted octanol–water partition coefficient (Wildman–Crippen LogP) is 3.58. The van der Waals surface area contributed by atoms with Crippen molar-refractivity contribution < 1.29 is 13.2 Å². The molecule has 1 aliphatic heterocycles. The number of carbonyl (C=O) groups is 1. The average molecular weight is 463 g/mol. The summed E-state index contributed by atoms with van der Waals surface area (Å²) in [6, 6.07) is 16.0. The third kappa shape index (κ3) is 4.06. The average Bonchev–Trinajstić information content (AvgIpc) is 2.72. The van der Waals surface area contributed by atoms with E-state index < -0.39 is 15.9 Å². The lowest BCUT2D eigenvalue weighted by molar-refractivity contribution is -0.118. The minimum Gasteiger partial charge on any atom is -0.384 e. The van der Waals surface area contributed by atoms with Crippen molar-refractivity contribution in [1.82, 2.24) is 0 Å². The van der Waals surface area contributed by atoms with Gasteiger partial charge in [-0.1, -0.05) is 43.7 Å². The summed E-state index contributed by atoms with van der Waals surface area (Å²) in [7, 11) is -3.86. The number of benzene rings is 2. The Labute approximate surface area is 194 Å². The molecule has 0 saturated carbocycles. The first-order chi connectivity index (χ1) is 15.4. The zero-order valence-electron chi connectivity index (χ0n) is 18.8. The molecule has 33 heavy (non-hydrogen) atoms. The van der Waals surface area contributed by atoms with Crippen LogP contribution in [0.15, 0.2) is 76.1 Å². The van der Waals surface area contributed by atoms with Crippen molar-refractivity contribution in [2.24, 2.45) is 16.3 Å². The van der Waals surface area contributed by atoms with Crippen molar-refractivity contribution in [3.8, 4) is 6.07 Å². The molecule has 0 amide bonds. The summed E-state index contributed by atoms with van der Waals surface area (Å²) >= 11 is 0. The predicted molar refractivity (Wildman–Crippen MR) is 126 cm³/mol. The van der Waals surface area contributed by atoms with Gasteiger partial charge in [-0.15, -0.1) is 0 Å². The normalized spacial score (nSPS) is 20.5. The number of ketones is 1. The van der Waals surface area contributed by atoms with Crippen LogP contribution in [0.1, 0.15) is 43.7 Å². The second kappa shape index (κ2) is 7.87. The molecule has 4 rings (SSSR count). The molecule has 1 atom stereocenters. The van der Waals surface area contributed by atoms with Crippen LogP contribution in [0.4, 0.5) is 5.69 Å². The van der Waals surface area contributed by atoms with Crippen LogP contribution in [-0.2, 0) is 14.8 Å². The van der Waals surface area contributed by atoms with Gasteiger partial charge in [0, 0.05) is 23.4 Å². The number of aryl methyl sites for hydroxylation is 1. The Hall–Kier alpha value is -3.41. The maximum absolute atomic E-state index is 13.5. The largest absolute Gasteiger partial charge is 0.384 e. The standard InChI is InChI=1S/C25H26N4O3S/c1-15-4-6-16(7-5-15)22-19(14-26)24(27)29(17-8-10-18(11-9-17)33(28,31)32)20-12-25(2,3)13-21(30)23(20)22/h4-11,22H,12-13,27H2,1-3H3,(H2,28,31,32)/t22-/m1/s1. The van der Waals surface area contributed by atoms with Gasteiger partial charge in [-0.05, 0) is 48.6 Å². The Bertz CT molecular complexity index is 1350. The molecule has 0 fully saturated rings. The van der Waals surface area contributed by atoms with Gasteiger partial charge in [0.05, 0.1) is 22.5 Å². The number of allylic oxidation sites excluding steroid dienone is 3. The number of hydrogen-bond donors (Lipinski definition) is 2. The number of nitrogens with zero attached hydrogens (tertiary/aromatic N) is 2. The van der Waals surface area contributed by atoms with E-state index in [1.807, 2.05) is 45.0 Å². The van der Waals surface area contributed by atoms with Crippen molar-refractivity contribution in [3.05, 3.63) is 82.3 Å². The van der Waals surface area contributed by atoms with Crippen LogP contribution in [0.5, 0.6) is 0 Å². The molecular weight excluding hydrogens is 436 g/mol. The number of nitriles is 1. The van der Waals surface area contributed by atoms with Gasteiger partial charge in [-0.3, -0.25) is 9.69 Å². The molecule has 170 valence electrons. The zero-order valence-corrected chi connectivity index (χ0v) is 19.6. The Morgan fingerprint density at radius 3 is 2.21 bits per heavy atom. The molecule has 0 saturated heterocycles. The highest BCUT2D eigenvalue weighted by atomic mass is 32.2.